The first-order valence-electron chi connectivity index (χ1n) is 13.4. The molecular formula is C31H39N3O5S. The highest BCUT2D eigenvalue weighted by Gasteiger charge is 2.33. The van der Waals surface area contributed by atoms with Crippen molar-refractivity contribution in [3.05, 3.63) is 90.0 Å². The summed E-state index contributed by atoms with van der Waals surface area (Å²) >= 11 is 0. The van der Waals surface area contributed by atoms with Gasteiger partial charge >= 0.3 is 0 Å². The zero-order chi connectivity index (χ0) is 29.3. The van der Waals surface area contributed by atoms with Gasteiger partial charge in [0.1, 0.15) is 18.3 Å². The molecule has 0 saturated carbocycles. The van der Waals surface area contributed by atoms with Crippen molar-refractivity contribution in [3.8, 4) is 5.75 Å². The maximum absolute atomic E-state index is 14.1. The van der Waals surface area contributed by atoms with Crippen LogP contribution in [-0.4, -0.2) is 51.4 Å². The first-order valence-corrected chi connectivity index (χ1v) is 14.8. The average Bonchev–Trinajstić information content (AvgIpc) is 2.96. The molecule has 8 nitrogen and oxygen atoms in total. The van der Waals surface area contributed by atoms with Crippen LogP contribution in [0.1, 0.15) is 38.3 Å². The first-order chi connectivity index (χ1) is 19.1. The lowest BCUT2D eigenvalue weighted by molar-refractivity contribution is -0.140. The molecule has 0 saturated heterocycles. The van der Waals surface area contributed by atoms with Crippen LogP contribution in [0.4, 0.5) is 5.69 Å². The molecule has 0 aliphatic carbocycles. The Bertz CT molecular complexity index is 1360. The van der Waals surface area contributed by atoms with E-state index >= 15 is 0 Å². The minimum Gasteiger partial charge on any atom is -0.497 e. The number of methoxy groups -OCH3 is 1. The molecule has 0 fully saturated rings. The van der Waals surface area contributed by atoms with E-state index in [2.05, 4.69) is 5.32 Å². The number of nitrogens with zero attached hydrogens (tertiary/aromatic N) is 2. The minimum atomic E-state index is -4.11. The monoisotopic (exact) mass is 565 g/mol. The molecule has 40 heavy (non-hydrogen) atoms. The lowest BCUT2D eigenvalue weighted by Gasteiger charge is -2.33. The van der Waals surface area contributed by atoms with Crippen molar-refractivity contribution < 1.29 is 22.7 Å². The van der Waals surface area contributed by atoms with Crippen LogP contribution in [0, 0.1) is 12.8 Å². The number of benzene rings is 3. The van der Waals surface area contributed by atoms with Gasteiger partial charge in [-0.05, 0) is 61.2 Å². The molecule has 0 aromatic heterocycles. The highest BCUT2D eigenvalue weighted by molar-refractivity contribution is 7.92. The van der Waals surface area contributed by atoms with Gasteiger partial charge in [-0.3, -0.25) is 13.9 Å². The number of hydrogen-bond acceptors (Lipinski definition) is 5. The summed E-state index contributed by atoms with van der Waals surface area (Å²) in [5, 5.41) is 2.94. The molecule has 9 heteroatoms. The Balaban J connectivity index is 2.03. The summed E-state index contributed by atoms with van der Waals surface area (Å²) in [7, 11) is -2.59. The van der Waals surface area contributed by atoms with Crippen molar-refractivity contribution in [2.24, 2.45) is 5.92 Å². The summed E-state index contributed by atoms with van der Waals surface area (Å²) in [6.45, 7) is 7.97. The normalized spacial score (nSPS) is 12.1. The number of carbonyl (C=O) groups is 2. The predicted molar refractivity (Wildman–Crippen MR) is 158 cm³/mol. The average molecular weight is 566 g/mol. The molecule has 0 bridgehead atoms. The number of rotatable bonds is 13. The van der Waals surface area contributed by atoms with Gasteiger partial charge in [0.25, 0.3) is 10.0 Å². The highest BCUT2D eigenvalue weighted by atomic mass is 32.2. The number of anilines is 1. The van der Waals surface area contributed by atoms with Gasteiger partial charge in [-0.15, -0.1) is 0 Å². The van der Waals surface area contributed by atoms with Crippen molar-refractivity contribution in [2.75, 3.05) is 24.5 Å². The topological polar surface area (TPSA) is 96.0 Å². The van der Waals surface area contributed by atoms with E-state index < -0.39 is 28.5 Å². The largest absolute Gasteiger partial charge is 0.497 e. The molecule has 3 rings (SSSR count). The van der Waals surface area contributed by atoms with E-state index in [0.29, 0.717) is 24.4 Å². The molecule has 0 aliphatic heterocycles. The van der Waals surface area contributed by atoms with Crippen molar-refractivity contribution in [2.45, 2.75) is 51.6 Å². The summed E-state index contributed by atoms with van der Waals surface area (Å²) < 4.78 is 34.0. The summed E-state index contributed by atoms with van der Waals surface area (Å²) in [4.78, 5) is 28.9. The second kappa shape index (κ2) is 14.0. The van der Waals surface area contributed by atoms with E-state index in [1.54, 1.807) is 42.5 Å². The van der Waals surface area contributed by atoms with Gasteiger partial charge in [-0.25, -0.2) is 8.42 Å². The number of sulfonamides is 1. The zero-order valence-corrected chi connectivity index (χ0v) is 24.6. The molecule has 214 valence electrons. The molecule has 0 spiro atoms. The molecule has 3 aromatic rings. The van der Waals surface area contributed by atoms with Crippen molar-refractivity contribution in [1.29, 1.82) is 0 Å². The van der Waals surface area contributed by atoms with Crippen LogP contribution >= 0.6 is 0 Å². The molecule has 2 amide bonds. The van der Waals surface area contributed by atoms with Gasteiger partial charge < -0.3 is 15.0 Å². The number of hydrogen-bond donors (Lipinski definition) is 1. The van der Waals surface area contributed by atoms with Gasteiger partial charge in [0.15, 0.2) is 0 Å². The molecule has 1 unspecified atom stereocenters. The fourth-order valence-corrected chi connectivity index (χ4v) is 5.66. The number of ether oxygens (including phenoxy) is 1. The smallest absolute Gasteiger partial charge is 0.264 e. The molecule has 0 aliphatic rings. The van der Waals surface area contributed by atoms with E-state index in [1.807, 2.05) is 52.0 Å². The Hall–Kier alpha value is -3.85. The van der Waals surface area contributed by atoms with Gasteiger partial charge in [0.2, 0.25) is 11.8 Å². The summed E-state index contributed by atoms with van der Waals surface area (Å²) in [6.07, 6.45) is 0.371. The highest BCUT2D eigenvalue weighted by Crippen LogP contribution is 2.26. The van der Waals surface area contributed by atoms with Crippen LogP contribution in [0.25, 0.3) is 0 Å². The molecule has 0 radical (unpaired) electrons. The Morgan fingerprint density at radius 3 is 2.10 bits per heavy atom. The number of nitrogens with one attached hydrogen (secondary N) is 1. The van der Waals surface area contributed by atoms with Crippen LogP contribution in [0.3, 0.4) is 0 Å². The van der Waals surface area contributed by atoms with Crippen molar-refractivity contribution in [1.82, 2.24) is 10.2 Å². The van der Waals surface area contributed by atoms with Gasteiger partial charge in [0.05, 0.1) is 17.7 Å². The van der Waals surface area contributed by atoms with E-state index in [1.165, 1.54) is 24.1 Å². The number of aryl methyl sites for hydroxylation is 1. The summed E-state index contributed by atoms with van der Waals surface area (Å²) in [6, 6.07) is 21.4. The van der Waals surface area contributed by atoms with E-state index in [4.69, 9.17) is 4.74 Å². The van der Waals surface area contributed by atoms with E-state index in [9.17, 15) is 18.0 Å². The Morgan fingerprint density at radius 2 is 1.55 bits per heavy atom. The maximum Gasteiger partial charge on any atom is 0.264 e. The van der Waals surface area contributed by atoms with Gasteiger partial charge in [-0.2, -0.15) is 0 Å². The first kappa shape index (κ1) is 30.7. The van der Waals surface area contributed by atoms with Gasteiger partial charge in [-0.1, -0.05) is 68.8 Å². The fourth-order valence-electron chi connectivity index (χ4n) is 4.23. The second-order valence-electron chi connectivity index (χ2n) is 10.1. The van der Waals surface area contributed by atoms with Gasteiger partial charge in [0, 0.05) is 13.1 Å². The summed E-state index contributed by atoms with van der Waals surface area (Å²) in [5.74, 6) is 0.0475. The predicted octanol–water partition coefficient (Wildman–Crippen LogP) is 4.78. The third-order valence-electron chi connectivity index (χ3n) is 6.51. The van der Waals surface area contributed by atoms with Crippen LogP contribution in [-0.2, 0) is 26.2 Å². The zero-order valence-electron chi connectivity index (χ0n) is 23.8. The molecule has 0 heterocycles. The molecule has 1 N–H and O–H groups in total. The minimum absolute atomic E-state index is 0.0606. The van der Waals surface area contributed by atoms with Crippen molar-refractivity contribution >= 4 is 27.5 Å². The van der Waals surface area contributed by atoms with Crippen molar-refractivity contribution in [3.63, 3.8) is 0 Å². The Labute approximate surface area is 238 Å². The third kappa shape index (κ3) is 7.85. The summed E-state index contributed by atoms with van der Waals surface area (Å²) in [5.41, 5.74) is 2.23. The van der Waals surface area contributed by atoms with E-state index in [0.717, 1.165) is 15.4 Å². The molecule has 1 atom stereocenters. The maximum atomic E-state index is 14.1. The third-order valence-corrected chi connectivity index (χ3v) is 8.30. The molecular weight excluding hydrogens is 526 g/mol. The quantitative estimate of drug-likeness (QED) is 0.322. The second-order valence-corrected chi connectivity index (χ2v) is 12.0. The van der Waals surface area contributed by atoms with Crippen LogP contribution in [0.5, 0.6) is 5.75 Å². The van der Waals surface area contributed by atoms with Crippen LogP contribution in [0.2, 0.25) is 0 Å². The van der Waals surface area contributed by atoms with Crippen LogP contribution in [0.15, 0.2) is 83.8 Å². The number of amides is 2. The lowest BCUT2D eigenvalue weighted by Crippen LogP contribution is -2.52. The Kier molecular flexibility index (Phi) is 10.7. The lowest BCUT2D eigenvalue weighted by atomic mass is 10.1. The SMILES string of the molecule is CCC(C(=O)NCC(C)C)N(Cc1ccc(C)cc1)C(=O)CN(c1ccc(OC)cc1)S(=O)(=O)c1ccccc1. The molecule has 3 aromatic carbocycles. The van der Waals surface area contributed by atoms with Crippen LogP contribution < -0.4 is 14.4 Å². The Morgan fingerprint density at radius 1 is 0.925 bits per heavy atom. The fraction of sp³-hybridized carbons (Fsp3) is 0.355. The van der Waals surface area contributed by atoms with E-state index in [-0.39, 0.29) is 23.3 Å². The standard InChI is InChI=1S/C31H39N3O5S/c1-6-29(31(36)32-20-23(2)3)33(21-25-14-12-24(4)13-15-25)30(35)22-34(26-16-18-27(39-5)19-17-26)40(37,38)28-10-8-7-9-11-28/h7-19,23,29H,6,20-22H2,1-5H3,(H,32,36). The number of carbonyl (C=O) groups excluding carboxylic acids is 2.